The van der Waals surface area contributed by atoms with Crippen LogP contribution in [0.4, 0.5) is 0 Å². The molecule has 1 unspecified atom stereocenters. The van der Waals surface area contributed by atoms with Gasteiger partial charge in [-0.05, 0) is 12.1 Å². The second kappa shape index (κ2) is 3.98. The van der Waals surface area contributed by atoms with E-state index in [0.29, 0.717) is 12.3 Å². The van der Waals surface area contributed by atoms with Crippen LogP contribution >= 0.6 is 11.6 Å². The van der Waals surface area contributed by atoms with Crippen LogP contribution in [0.25, 0.3) is 11.1 Å². The summed E-state index contributed by atoms with van der Waals surface area (Å²) in [5, 5.41) is 9.30. The van der Waals surface area contributed by atoms with Crippen molar-refractivity contribution < 1.29 is 9.52 Å². The van der Waals surface area contributed by atoms with Gasteiger partial charge in [0, 0.05) is 5.88 Å². The van der Waals surface area contributed by atoms with Gasteiger partial charge < -0.3 is 9.52 Å². The maximum atomic E-state index is 9.30. The molecule has 2 rings (SSSR count). The molecular weight excluding hydrogens is 202 g/mol. The first kappa shape index (κ1) is 9.49. The Bertz CT molecular complexity index is 394. The molecule has 2 aromatic rings. The number of nitrogens with zero attached hydrogens (tertiary/aromatic N) is 1. The number of fused-ring (bicyclic) bond motifs is 1. The number of hydrogen-bond donors (Lipinski definition) is 1. The summed E-state index contributed by atoms with van der Waals surface area (Å²) in [5.74, 6) is 0.720. The van der Waals surface area contributed by atoms with Crippen molar-refractivity contribution in [3.8, 4) is 0 Å². The van der Waals surface area contributed by atoms with Gasteiger partial charge >= 0.3 is 0 Å². The van der Waals surface area contributed by atoms with Crippen LogP contribution in [0.2, 0.25) is 0 Å². The molecule has 1 heterocycles. The molecule has 0 bridgehead atoms. The number of aliphatic hydroxyl groups excluding tert-OH is 1. The number of rotatable bonds is 3. The molecule has 4 heteroatoms. The summed E-state index contributed by atoms with van der Waals surface area (Å²) in [5.41, 5.74) is 1.55. The van der Waals surface area contributed by atoms with Gasteiger partial charge in [-0.1, -0.05) is 12.1 Å². The Kier molecular flexibility index (Phi) is 2.70. The van der Waals surface area contributed by atoms with Crippen molar-refractivity contribution in [1.29, 1.82) is 0 Å². The second-order valence-corrected chi connectivity index (χ2v) is 3.40. The fraction of sp³-hybridized carbons (Fsp3) is 0.300. The summed E-state index contributed by atoms with van der Waals surface area (Å²) in [6.07, 6.45) is -0.234. The largest absolute Gasteiger partial charge is 0.441 e. The molecule has 3 nitrogen and oxygen atoms in total. The molecule has 0 radical (unpaired) electrons. The van der Waals surface area contributed by atoms with Crippen molar-refractivity contribution in [3.63, 3.8) is 0 Å². The molecule has 0 saturated carbocycles. The molecule has 14 heavy (non-hydrogen) atoms. The quantitative estimate of drug-likeness (QED) is 0.790. The van der Waals surface area contributed by atoms with Crippen LogP contribution in [0.15, 0.2) is 28.7 Å². The van der Waals surface area contributed by atoms with Crippen molar-refractivity contribution in [2.45, 2.75) is 12.5 Å². The fourth-order valence-electron chi connectivity index (χ4n) is 1.26. The van der Waals surface area contributed by atoms with E-state index in [-0.39, 0.29) is 5.88 Å². The summed E-state index contributed by atoms with van der Waals surface area (Å²) < 4.78 is 5.41. The first-order valence-electron chi connectivity index (χ1n) is 4.38. The number of aliphatic hydroxyl groups is 1. The highest BCUT2D eigenvalue weighted by molar-refractivity contribution is 6.18. The summed E-state index contributed by atoms with van der Waals surface area (Å²) in [6.45, 7) is 0. The van der Waals surface area contributed by atoms with Gasteiger partial charge in [0.05, 0.1) is 12.5 Å². The molecule has 0 aliphatic heterocycles. The van der Waals surface area contributed by atoms with Gasteiger partial charge in [0.15, 0.2) is 11.5 Å². The Morgan fingerprint density at radius 1 is 1.43 bits per heavy atom. The van der Waals surface area contributed by atoms with Crippen molar-refractivity contribution >= 4 is 22.7 Å². The van der Waals surface area contributed by atoms with Crippen LogP contribution in [0.1, 0.15) is 5.89 Å². The van der Waals surface area contributed by atoms with Crippen LogP contribution < -0.4 is 0 Å². The van der Waals surface area contributed by atoms with Crippen molar-refractivity contribution in [2.75, 3.05) is 5.88 Å². The van der Waals surface area contributed by atoms with Crippen LogP contribution in [-0.2, 0) is 6.42 Å². The van der Waals surface area contributed by atoms with Gasteiger partial charge in [-0.3, -0.25) is 0 Å². The smallest absolute Gasteiger partial charge is 0.198 e. The van der Waals surface area contributed by atoms with Crippen LogP contribution in [0.5, 0.6) is 0 Å². The van der Waals surface area contributed by atoms with Crippen molar-refractivity contribution in [2.24, 2.45) is 0 Å². The Labute approximate surface area is 86.3 Å². The average Bonchev–Trinajstić information content (AvgIpc) is 2.59. The highest BCUT2D eigenvalue weighted by atomic mass is 35.5. The van der Waals surface area contributed by atoms with Gasteiger partial charge in [0.25, 0.3) is 0 Å². The molecule has 0 aliphatic rings. The standard InChI is InChI=1S/C10H10ClNO2/c11-6-7(13)5-10-12-8-3-1-2-4-9(8)14-10/h1-4,7,13H,5-6H2. The summed E-state index contributed by atoms with van der Waals surface area (Å²) in [6, 6.07) is 7.50. The molecule has 0 amide bonds. The van der Waals surface area contributed by atoms with Gasteiger partial charge in [-0.15, -0.1) is 11.6 Å². The molecule has 0 fully saturated rings. The number of aromatic nitrogens is 1. The Hall–Kier alpha value is -1.06. The van der Waals surface area contributed by atoms with E-state index in [4.69, 9.17) is 16.0 Å². The number of hydrogen-bond acceptors (Lipinski definition) is 3. The minimum atomic E-state index is -0.593. The Balaban J connectivity index is 2.27. The van der Waals surface area contributed by atoms with E-state index in [2.05, 4.69) is 4.98 Å². The Morgan fingerprint density at radius 3 is 2.93 bits per heavy atom. The molecule has 74 valence electrons. The number of oxazole rings is 1. The zero-order valence-electron chi connectivity index (χ0n) is 7.48. The molecule has 0 saturated heterocycles. The molecule has 1 atom stereocenters. The highest BCUT2D eigenvalue weighted by Crippen LogP contribution is 2.15. The first-order valence-corrected chi connectivity index (χ1v) is 4.91. The maximum Gasteiger partial charge on any atom is 0.198 e. The van der Waals surface area contributed by atoms with E-state index in [9.17, 15) is 5.11 Å². The average molecular weight is 212 g/mol. The normalized spacial score (nSPS) is 13.3. The van der Waals surface area contributed by atoms with Crippen molar-refractivity contribution in [1.82, 2.24) is 4.98 Å². The summed E-state index contributed by atoms with van der Waals surface area (Å²) in [4.78, 5) is 4.22. The minimum absolute atomic E-state index is 0.193. The predicted octanol–water partition coefficient (Wildman–Crippen LogP) is 1.97. The third-order valence-corrected chi connectivity index (χ3v) is 2.28. The SMILES string of the molecule is OC(CCl)Cc1nc2ccccc2o1. The molecule has 0 aliphatic carbocycles. The molecule has 1 aromatic carbocycles. The molecular formula is C10H10ClNO2. The zero-order valence-corrected chi connectivity index (χ0v) is 8.24. The molecule has 0 spiro atoms. The number of halogens is 1. The second-order valence-electron chi connectivity index (χ2n) is 3.09. The lowest BCUT2D eigenvalue weighted by Crippen LogP contribution is -2.11. The van der Waals surface area contributed by atoms with Gasteiger partial charge in [-0.2, -0.15) is 0 Å². The lowest BCUT2D eigenvalue weighted by molar-refractivity contribution is 0.189. The van der Waals surface area contributed by atoms with Gasteiger partial charge in [0.1, 0.15) is 5.52 Å². The predicted molar refractivity (Wildman–Crippen MR) is 54.4 cm³/mol. The topological polar surface area (TPSA) is 46.3 Å². The van der Waals surface area contributed by atoms with E-state index in [1.54, 1.807) is 0 Å². The number of benzene rings is 1. The van der Waals surface area contributed by atoms with E-state index >= 15 is 0 Å². The monoisotopic (exact) mass is 211 g/mol. The fourth-order valence-corrected chi connectivity index (χ4v) is 1.37. The molecule has 1 aromatic heterocycles. The van der Waals surface area contributed by atoms with Gasteiger partial charge in [-0.25, -0.2) is 4.98 Å². The lowest BCUT2D eigenvalue weighted by Gasteiger charge is -2.00. The number of alkyl halides is 1. The lowest BCUT2D eigenvalue weighted by atomic mass is 10.3. The summed E-state index contributed by atoms with van der Waals surface area (Å²) >= 11 is 5.48. The zero-order chi connectivity index (χ0) is 9.97. The van der Waals surface area contributed by atoms with E-state index in [1.807, 2.05) is 24.3 Å². The van der Waals surface area contributed by atoms with Gasteiger partial charge in [0.2, 0.25) is 0 Å². The van der Waals surface area contributed by atoms with E-state index < -0.39 is 6.10 Å². The van der Waals surface area contributed by atoms with Crippen LogP contribution in [0.3, 0.4) is 0 Å². The highest BCUT2D eigenvalue weighted by Gasteiger charge is 2.09. The third kappa shape index (κ3) is 1.89. The number of para-hydroxylation sites is 2. The Morgan fingerprint density at radius 2 is 2.21 bits per heavy atom. The molecule has 1 N–H and O–H groups in total. The van der Waals surface area contributed by atoms with E-state index in [1.165, 1.54) is 0 Å². The van der Waals surface area contributed by atoms with Crippen LogP contribution in [0, 0.1) is 0 Å². The maximum absolute atomic E-state index is 9.30. The van der Waals surface area contributed by atoms with Crippen LogP contribution in [-0.4, -0.2) is 22.1 Å². The van der Waals surface area contributed by atoms with E-state index in [0.717, 1.165) is 11.1 Å². The summed E-state index contributed by atoms with van der Waals surface area (Å²) in [7, 11) is 0. The third-order valence-electron chi connectivity index (χ3n) is 1.93. The van der Waals surface area contributed by atoms with Crippen molar-refractivity contribution in [3.05, 3.63) is 30.2 Å². The minimum Gasteiger partial charge on any atom is -0.441 e. The first-order chi connectivity index (χ1) is 6.79.